The van der Waals surface area contributed by atoms with E-state index < -0.39 is 23.9 Å². The molecule has 1 saturated carbocycles. The third-order valence-corrected chi connectivity index (χ3v) is 15.5. The number of hydrogen-bond acceptors (Lipinski definition) is 10. The number of allylic oxidation sites excluding steroid dienone is 1. The van der Waals surface area contributed by atoms with Crippen LogP contribution in [-0.4, -0.2) is 53.4 Å². The Kier molecular flexibility index (Phi) is 11.4. The molecule has 8 aliphatic rings. The fourth-order valence-corrected chi connectivity index (χ4v) is 12.5. The summed E-state index contributed by atoms with van der Waals surface area (Å²) in [5, 5.41) is 26.3. The lowest BCUT2D eigenvalue weighted by molar-refractivity contribution is -0.891. The number of aryl methyl sites for hydroxylation is 1. The third kappa shape index (κ3) is 7.62. The minimum atomic E-state index is -1.02. The van der Waals surface area contributed by atoms with E-state index in [0.29, 0.717) is 49.5 Å². The van der Waals surface area contributed by atoms with E-state index >= 15 is 0 Å². The van der Waals surface area contributed by atoms with Gasteiger partial charge in [-0.15, -0.1) is 0 Å². The molecule has 6 N–H and O–H groups in total. The first-order chi connectivity index (χ1) is 27.8. The van der Waals surface area contributed by atoms with Gasteiger partial charge in [-0.1, -0.05) is 96.6 Å². The topological polar surface area (TPSA) is 131 Å². The SMILES string of the molecule is CCCCC[C@@H](O)CC(=O)CCc1ccc2c3c1CSSC[C@H]1CN[C@H](N)c4ccc5c(c41)CC1=C4C[NH+](C=C4N=C1)[C@@H](O3)[C@H](C#C[C@H]5O)C1(C#CO2)CCCC1. The molecule has 8 bridgehead atoms. The summed E-state index contributed by atoms with van der Waals surface area (Å²) in [7, 11) is 3.60. The lowest BCUT2D eigenvalue weighted by atomic mass is 9.73. The van der Waals surface area contributed by atoms with Crippen molar-refractivity contribution in [3.8, 4) is 35.4 Å². The van der Waals surface area contributed by atoms with E-state index in [0.717, 1.165) is 101 Å². The molecule has 9 nitrogen and oxygen atoms in total. The van der Waals surface area contributed by atoms with Crippen LogP contribution in [0.5, 0.6) is 11.5 Å². The Hall–Kier alpha value is -3.52. The Morgan fingerprint density at radius 2 is 2.00 bits per heavy atom. The van der Waals surface area contributed by atoms with Crippen molar-refractivity contribution in [2.24, 2.45) is 22.1 Å². The molecule has 11 heteroatoms. The van der Waals surface area contributed by atoms with Gasteiger partial charge in [-0.3, -0.25) is 20.0 Å². The number of fused-ring (bicyclic) bond motifs is 4. The highest BCUT2D eigenvalue weighted by Crippen LogP contribution is 2.49. The van der Waals surface area contributed by atoms with Crippen molar-refractivity contribution in [1.82, 2.24) is 5.32 Å². The normalized spacial score (nSPS) is 28.0. The molecule has 1 aliphatic carbocycles. The number of unbranched alkanes of at least 4 members (excludes halogenated alkanes) is 2. The largest absolute Gasteiger partial charge is 0.437 e. The minimum Gasteiger partial charge on any atom is -0.437 e. The van der Waals surface area contributed by atoms with Crippen molar-refractivity contribution in [3.63, 3.8) is 0 Å². The Morgan fingerprint density at radius 3 is 2.86 bits per heavy atom. The van der Waals surface area contributed by atoms with Gasteiger partial charge in [0.25, 0.3) is 6.23 Å². The second-order valence-electron chi connectivity index (χ2n) is 16.8. The maximum Gasteiger partial charge on any atom is 0.252 e. The van der Waals surface area contributed by atoms with Crippen LogP contribution in [0.15, 0.2) is 52.3 Å². The molecule has 0 aromatic heterocycles. The van der Waals surface area contributed by atoms with Crippen molar-refractivity contribution < 1.29 is 29.4 Å². The first-order valence-electron chi connectivity index (χ1n) is 20.9. The van der Waals surface area contributed by atoms with Crippen LogP contribution in [0.2, 0.25) is 0 Å². The lowest BCUT2D eigenvalue weighted by Crippen LogP contribution is -3.12. The summed E-state index contributed by atoms with van der Waals surface area (Å²) in [6, 6.07) is 8.13. The van der Waals surface area contributed by atoms with Gasteiger partial charge in [-0.2, -0.15) is 0 Å². The van der Waals surface area contributed by atoms with Crippen molar-refractivity contribution in [2.75, 3.05) is 18.8 Å². The van der Waals surface area contributed by atoms with Crippen LogP contribution in [0.3, 0.4) is 0 Å². The molecule has 57 heavy (non-hydrogen) atoms. The Morgan fingerprint density at radius 1 is 1.14 bits per heavy atom. The molecule has 0 saturated heterocycles. The summed E-state index contributed by atoms with van der Waals surface area (Å²) in [6.07, 6.45) is 14.2. The van der Waals surface area contributed by atoms with Gasteiger partial charge in [0.15, 0.2) is 11.5 Å². The highest BCUT2D eigenvalue weighted by molar-refractivity contribution is 8.76. The van der Waals surface area contributed by atoms with E-state index in [-0.39, 0.29) is 30.2 Å². The molecule has 298 valence electrons. The van der Waals surface area contributed by atoms with Crippen molar-refractivity contribution >= 4 is 33.6 Å². The van der Waals surface area contributed by atoms with E-state index in [1.807, 2.05) is 29.1 Å². The molecular weight excluding hydrogens is 753 g/mol. The van der Waals surface area contributed by atoms with Gasteiger partial charge in [0.1, 0.15) is 42.4 Å². The number of ketones is 1. The number of nitrogens with zero attached hydrogens (tertiary/aromatic N) is 1. The number of rotatable bonds is 9. The van der Waals surface area contributed by atoms with E-state index in [2.05, 4.69) is 54.4 Å². The fraction of sp³-hybridized carbons (Fsp3) is 0.522. The summed E-state index contributed by atoms with van der Waals surface area (Å²) >= 11 is 0. The summed E-state index contributed by atoms with van der Waals surface area (Å²) in [5.41, 5.74) is 15.9. The van der Waals surface area contributed by atoms with E-state index in [9.17, 15) is 15.0 Å². The maximum absolute atomic E-state index is 13.3. The summed E-state index contributed by atoms with van der Waals surface area (Å²) in [5.74, 6) is 13.2. The molecule has 2 aromatic rings. The zero-order valence-electron chi connectivity index (χ0n) is 32.7. The minimum absolute atomic E-state index is 0.0681. The predicted molar refractivity (Wildman–Crippen MR) is 225 cm³/mol. The maximum atomic E-state index is 13.3. The Bertz CT molecular complexity index is 2150. The molecule has 1 spiro atoms. The highest BCUT2D eigenvalue weighted by Gasteiger charge is 2.51. The van der Waals surface area contributed by atoms with Crippen LogP contribution < -0.4 is 25.4 Å². The molecule has 7 aliphatic heterocycles. The number of ether oxygens (including phenoxy) is 2. The lowest BCUT2D eigenvalue weighted by Gasteiger charge is -2.37. The quantitative estimate of drug-likeness (QED) is 0.123. The number of Topliss-reactive ketones (excluding diaryl/α,β-unsaturated/α-hetero) is 1. The van der Waals surface area contributed by atoms with Gasteiger partial charge in [0, 0.05) is 60.6 Å². The van der Waals surface area contributed by atoms with Crippen molar-refractivity contribution in [3.05, 3.63) is 80.7 Å². The molecule has 7 heterocycles. The predicted octanol–water partition coefficient (Wildman–Crippen LogP) is 5.71. The number of nitrogens with two attached hydrogens (primary N) is 1. The number of hydrogen-bond donors (Lipinski definition) is 5. The summed E-state index contributed by atoms with van der Waals surface area (Å²) < 4.78 is 13.8. The fourth-order valence-electron chi connectivity index (χ4n) is 10.1. The van der Waals surface area contributed by atoms with Crippen LogP contribution in [0.4, 0.5) is 0 Å². The van der Waals surface area contributed by atoms with Crippen LogP contribution in [-0.2, 0) is 23.4 Å². The van der Waals surface area contributed by atoms with Gasteiger partial charge >= 0.3 is 0 Å². The van der Waals surface area contributed by atoms with Crippen molar-refractivity contribution in [2.45, 2.75) is 120 Å². The van der Waals surface area contributed by atoms with Gasteiger partial charge in [-0.05, 0) is 65.1 Å². The van der Waals surface area contributed by atoms with Gasteiger partial charge in [0.05, 0.1) is 17.7 Å². The van der Waals surface area contributed by atoms with E-state index in [1.165, 1.54) is 11.1 Å². The molecular formula is C46H53N4O5S2+. The van der Waals surface area contributed by atoms with Crippen LogP contribution in [0.25, 0.3) is 0 Å². The highest BCUT2D eigenvalue weighted by atomic mass is 33.1. The molecule has 0 amide bonds. The number of nitrogens with one attached hydrogen (secondary N) is 2. The smallest absolute Gasteiger partial charge is 0.252 e. The number of aliphatic hydroxyl groups is 2. The number of benzene rings is 2. The average Bonchev–Trinajstić information content (AvgIpc) is 3.95. The monoisotopic (exact) mass is 805 g/mol. The molecule has 1 fully saturated rings. The van der Waals surface area contributed by atoms with Crippen LogP contribution >= 0.6 is 21.6 Å². The van der Waals surface area contributed by atoms with E-state index in [1.54, 1.807) is 10.8 Å². The Balaban J connectivity index is 1.19. The number of quaternary nitrogens is 1. The zero-order chi connectivity index (χ0) is 39.1. The summed E-state index contributed by atoms with van der Waals surface area (Å²) in [6.45, 7) is 3.56. The third-order valence-electron chi connectivity index (χ3n) is 13.2. The standard InChI is InChI=1S/C46H52N4O5S2/c1-2-3-4-7-31(51)21-32(52)10-8-28-9-15-41-43-37(28)27-57-56-26-30-23-49-44(47)34-12-11-33-35(42(30)34)20-29-22-48-39-25-50(24-36(29)39)45(55-43)38(13-14-40(33)53)46(18-19-54-41)16-5-6-17-46/h9,11-12,15,22,25,30-31,38,40,44-45,49,51,53H,2-8,10,16-17,20-21,23-24,26-27,47H2,1H3/p+1/t30-,31-,38+,40-,44+,45+/m1/s1. The second kappa shape index (κ2) is 16.6. The molecule has 2 aromatic carbocycles. The van der Waals surface area contributed by atoms with E-state index in [4.69, 9.17) is 20.2 Å². The van der Waals surface area contributed by atoms with Gasteiger partial charge in [-0.25, -0.2) is 0 Å². The van der Waals surface area contributed by atoms with Gasteiger partial charge in [0.2, 0.25) is 0 Å². The molecule has 10 rings (SSSR count). The number of carbonyl (C=O) groups excluding carboxylic acids is 1. The number of aliphatic hydroxyl groups excluding tert-OH is 2. The first-order valence-corrected chi connectivity index (χ1v) is 23.4. The Labute approximate surface area is 344 Å². The molecule has 1 unspecified atom stereocenters. The van der Waals surface area contributed by atoms with Crippen molar-refractivity contribution in [1.29, 1.82) is 0 Å². The first kappa shape index (κ1) is 39.0. The number of carbonyl (C=O) groups is 1. The van der Waals surface area contributed by atoms with Crippen LogP contribution in [0, 0.1) is 35.2 Å². The van der Waals surface area contributed by atoms with Gasteiger partial charge < -0.3 is 25.4 Å². The summed E-state index contributed by atoms with van der Waals surface area (Å²) in [4.78, 5) is 19.4. The zero-order valence-corrected chi connectivity index (χ0v) is 34.3. The van der Waals surface area contributed by atoms with Crippen LogP contribution in [0.1, 0.15) is 123 Å². The molecule has 0 radical (unpaired) electrons. The number of aliphatic imine (C=N–C) groups is 1. The molecule has 7 atom stereocenters. The average molecular weight is 806 g/mol. The second-order valence-corrected chi connectivity index (χ2v) is 19.3.